The maximum Gasteiger partial charge on any atom is 0.311 e. The van der Waals surface area contributed by atoms with E-state index in [0.717, 1.165) is 31.7 Å². The summed E-state index contributed by atoms with van der Waals surface area (Å²) >= 11 is 0. The molecule has 0 spiro atoms. The van der Waals surface area contributed by atoms with E-state index in [1.807, 2.05) is 20.8 Å². The molecular weight excluding hydrogens is 324 g/mol. The van der Waals surface area contributed by atoms with Crippen LogP contribution in [0.1, 0.15) is 53.5 Å². The monoisotopic (exact) mass is 360 g/mol. The first-order valence-corrected chi connectivity index (χ1v) is 9.78. The van der Waals surface area contributed by atoms with Crippen LogP contribution in [-0.2, 0) is 16.1 Å². The average molecular weight is 361 g/mol. The van der Waals surface area contributed by atoms with E-state index in [4.69, 9.17) is 4.74 Å². The van der Waals surface area contributed by atoms with Crippen molar-refractivity contribution in [3.8, 4) is 0 Å². The van der Waals surface area contributed by atoms with E-state index in [9.17, 15) is 4.79 Å². The molecule has 146 valence electrons. The standard InChI is InChI=1S/C22H36N2O2/c1-21(2,3)11-12-23-13-15-24(16-14-23)19-9-7-18(8-10-19)17-26-20(25)22(4,5)6/h7-10H,11-17H2,1-6H3. The maximum atomic E-state index is 11.9. The van der Waals surface area contributed by atoms with Crippen LogP contribution in [0.4, 0.5) is 5.69 Å². The van der Waals surface area contributed by atoms with E-state index < -0.39 is 5.41 Å². The predicted octanol–water partition coefficient (Wildman–Crippen LogP) is 4.33. The van der Waals surface area contributed by atoms with Gasteiger partial charge < -0.3 is 9.64 Å². The van der Waals surface area contributed by atoms with Gasteiger partial charge >= 0.3 is 5.97 Å². The molecule has 4 nitrogen and oxygen atoms in total. The minimum atomic E-state index is -0.452. The van der Waals surface area contributed by atoms with Crippen LogP contribution >= 0.6 is 0 Å². The van der Waals surface area contributed by atoms with Crippen LogP contribution in [0.25, 0.3) is 0 Å². The minimum absolute atomic E-state index is 0.159. The number of piperazine rings is 1. The van der Waals surface area contributed by atoms with Gasteiger partial charge in [0.25, 0.3) is 0 Å². The quantitative estimate of drug-likeness (QED) is 0.732. The first kappa shape index (κ1) is 20.8. The molecule has 1 aliphatic heterocycles. The summed E-state index contributed by atoms with van der Waals surface area (Å²) < 4.78 is 5.39. The highest BCUT2D eigenvalue weighted by Crippen LogP contribution is 2.22. The van der Waals surface area contributed by atoms with Crippen molar-refractivity contribution in [3.05, 3.63) is 29.8 Å². The predicted molar refractivity (Wildman–Crippen MR) is 108 cm³/mol. The first-order chi connectivity index (χ1) is 12.0. The van der Waals surface area contributed by atoms with E-state index in [0.29, 0.717) is 12.0 Å². The molecular formula is C22H36N2O2. The van der Waals surface area contributed by atoms with Crippen molar-refractivity contribution in [3.63, 3.8) is 0 Å². The summed E-state index contributed by atoms with van der Waals surface area (Å²) in [5.74, 6) is -0.159. The van der Waals surface area contributed by atoms with Gasteiger partial charge in [0.05, 0.1) is 5.41 Å². The second-order valence-corrected chi connectivity index (χ2v) is 9.63. The van der Waals surface area contributed by atoms with Gasteiger partial charge in [-0.15, -0.1) is 0 Å². The molecule has 0 saturated carbocycles. The van der Waals surface area contributed by atoms with Crippen molar-refractivity contribution in [2.75, 3.05) is 37.6 Å². The molecule has 1 aromatic carbocycles. The molecule has 1 aliphatic rings. The fraction of sp³-hybridized carbons (Fsp3) is 0.682. The number of esters is 1. The van der Waals surface area contributed by atoms with Gasteiger partial charge in [-0.2, -0.15) is 0 Å². The van der Waals surface area contributed by atoms with Gasteiger partial charge in [0.2, 0.25) is 0 Å². The van der Waals surface area contributed by atoms with Gasteiger partial charge in [0.1, 0.15) is 6.61 Å². The summed E-state index contributed by atoms with van der Waals surface area (Å²) in [7, 11) is 0. The van der Waals surface area contributed by atoms with Gasteiger partial charge in [-0.05, 0) is 56.8 Å². The second kappa shape index (κ2) is 8.43. The Morgan fingerprint density at radius 1 is 0.962 bits per heavy atom. The number of hydrogen-bond acceptors (Lipinski definition) is 4. The van der Waals surface area contributed by atoms with Crippen LogP contribution in [-0.4, -0.2) is 43.6 Å². The molecule has 0 unspecified atom stereocenters. The highest BCUT2D eigenvalue weighted by Gasteiger charge is 2.23. The van der Waals surface area contributed by atoms with Gasteiger partial charge in [-0.1, -0.05) is 32.9 Å². The van der Waals surface area contributed by atoms with Gasteiger partial charge in [-0.3, -0.25) is 9.69 Å². The zero-order valence-corrected chi connectivity index (χ0v) is 17.5. The Hall–Kier alpha value is -1.55. The molecule has 0 N–H and O–H groups in total. The Morgan fingerprint density at radius 2 is 1.54 bits per heavy atom. The van der Waals surface area contributed by atoms with Gasteiger partial charge in [0, 0.05) is 31.9 Å². The number of ether oxygens (including phenoxy) is 1. The molecule has 0 aliphatic carbocycles. The normalized spacial score (nSPS) is 16.6. The van der Waals surface area contributed by atoms with E-state index in [-0.39, 0.29) is 5.97 Å². The van der Waals surface area contributed by atoms with Gasteiger partial charge in [-0.25, -0.2) is 0 Å². The summed E-state index contributed by atoms with van der Waals surface area (Å²) in [6.45, 7) is 18.5. The third kappa shape index (κ3) is 6.64. The lowest BCUT2D eigenvalue weighted by Crippen LogP contribution is -2.47. The largest absolute Gasteiger partial charge is 0.460 e. The van der Waals surface area contributed by atoms with Crippen molar-refractivity contribution in [2.45, 2.75) is 54.6 Å². The molecule has 0 aromatic heterocycles. The summed E-state index contributed by atoms with van der Waals surface area (Å²) in [6, 6.07) is 8.42. The zero-order valence-electron chi connectivity index (χ0n) is 17.5. The van der Waals surface area contributed by atoms with Crippen LogP contribution < -0.4 is 4.90 Å². The number of benzene rings is 1. The number of carbonyl (C=O) groups excluding carboxylic acids is 1. The fourth-order valence-corrected chi connectivity index (χ4v) is 2.89. The smallest absolute Gasteiger partial charge is 0.311 e. The molecule has 0 bridgehead atoms. The Balaban J connectivity index is 1.80. The average Bonchev–Trinajstić information content (AvgIpc) is 2.57. The number of hydrogen-bond donors (Lipinski definition) is 0. The maximum absolute atomic E-state index is 11.9. The first-order valence-electron chi connectivity index (χ1n) is 9.78. The summed E-state index contributed by atoms with van der Waals surface area (Å²) in [6.07, 6.45) is 1.25. The molecule has 4 heteroatoms. The topological polar surface area (TPSA) is 32.8 Å². The summed E-state index contributed by atoms with van der Waals surface area (Å²) in [4.78, 5) is 16.9. The summed E-state index contributed by atoms with van der Waals surface area (Å²) in [5, 5.41) is 0. The lowest BCUT2D eigenvalue weighted by molar-refractivity contribution is -0.154. The molecule has 1 aromatic rings. The van der Waals surface area contributed by atoms with Gasteiger partial charge in [0.15, 0.2) is 0 Å². The number of nitrogens with zero attached hydrogens (tertiary/aromatic N) is 2. The molecule has 0 atom stereocenters. The van der Waals surface area contributed by atoms with E-state index >= 15 is 0 Å². The lowest BCUT2D eigenvalue weighted by Gasteiger charge is -2.37. The molecule has 26 heavy (non-hydrogen) atoms. The molecule has 1 fully saturated rings. The highest BCUT2D eigenvalue weighted by atomic mass is 16.5. The van der Waals surface area contributed by atoms with E-state index in [1.165, 1.54) is 18.7 Å². The van der Waals surface area contributed by atoms with Crippen LogP contribution in [0.2, 0.25) is 0 Å². The minimum Gasteiger partial charge on any atom is -0.460 e. The SMILES string of the molecule is CC(C)(C)CCN1CCN(c2ccc(COC(=O)C(C)(C)C)cc2)CC1. The van der Waals surface area contributed by atoms with Crippen molar-refractivity contribution in [1.29, 1.82) is 0 Å². The Kier molecular flexibility index (Phi) is 6.73. The van der Waals surface area contributed by atoms with Crippen LogP contribution in [0, 0.1) is 10.8 Å². The second-order valence-electron chi connectivity index (χ2n) is 9.63. The molecule has 2 rings (SSSR count). The van der Waals surface area contributed by atoms with Crippen LogP contribution in [0.5, 0.6) is 0 Å². The Morgan fingerprint density at radius 3 is 2.04 bits per heavy atom. The van der Waals surface area contributed by atoms with Crippen molar-refractivity contribution in [1.82, 2.24) is 4.90 Å². The number of anilines is 1. The number of carbonyl (C=O) groups is 1. The third-order valence-corrected chi connectivity index (χ3v) is 4.83. The number of rotatable bonds is 5. The molecule has 0 radical (unpaired) electrons. The molecule has 0 amide bonds. The zero-order chi connectivity index (χ0) is 19.4. The highest BCUT2D eigenvalue weighted by molar-refractivity contribution is 5.75. The third-order valence-electron chi connectivity index (χ3n) is 4.83. The molecule has 1 saturated heterocycles. The van der Waals surface area contributed by atoms with E-state index in [1.54, 1.807) is 0 Å². The van der Waals surface area contributed by atoms with Crippen LogP contribution in [0.15, 0.2) is 24.3 Å². The summed E-state index contributed by atoms with van der Waals surface area (Å²) in [5.41, 5.74) is 2.25. The van der Waals surface area contributed by atoms with Crippen molar-refractivity contribution < 1.29 is 9.53 Å². The Labute approximate surface area is 159 Å². The fourth-order valence-electron chi connectivity index (χ4n) is 2.89. The van der Waals surface area contributed by atoms with Crippen molar-refractivity contribution >= 4 is 11.7 Å². The van der Waals surface area contributed by atoms with E-state index in [2.05, 4.69) is 54.8 Å². The van der Waals surface area contributed by atoms with Crippen LogP contribution in [0.3, 0.4) is 0 Å². The lowest BCUT2D eigenvalue weighted by atomic mass is 9.92. The Bertz CT molecular complexity index is 574. The molecule has 1 heterocycles. The van der Waals surface area contributed by atoms with Crippen molar-refractivity contribution in [2.24, 2.45) is 10.8 Å².